The van der Waals surface area contributed by atoms with E-state index in [-0.39, 0.29) is 5.95 Å². The average Bonchev–Trinajstić information content (AvgIpc) is 3.07. The minimum atomic E-state index is 0.267. The van der Waals surface area contributed by atoms with Crippen molar-refractivity contribution < 1.29 is 0 Å². The summed E-state index contributed by atoms with van der Waals surface area (Å²) >= 11 is 6.04. The number of benzene rings is 2. The van der Waals surface area contributed by atoms with E-state index in [0.717, 1.165) is 29.4 Å². The second-order valence-electron chi connectivity index (χ2n) is 6.04. The van der Waals surface area contributed by atoms with Crippen molar-refractivity contribution in [2.45, 2.75) is 13.1 Å². The summed E-state index contributed by atoms with van der Waals surface area (Å²) in [6, 6.07) is 18.1. The van der Waals surface area contributed by atoms with Crippen LogP contribution in [0.4, 0.5) is 5.95 Å². The van der Waals surface area contributed by atoms with Crippen molar-refractivity contribution >= 4 is 28.5 Å². The molecule has 0 atom stereocenters. The van der Waals surface area contributed by atoms with Crippen LogP contribution in [0.3, 0.4) is 0 Å². The van der Waals surface area contributed by atoms with Crippen LogP contribution in [0.15, 0.2) is 67.0 Å². The van der Waals surface area contributed by atoms with Gasteiger partial charge in [0.25, 0.3) is 0 Å². The van der Waals surface area contributed by atoms with E-state index in [1.165, 1.54) is 16.5 Å². The molecule has 0 aliphatic carbocycles. The molecule has 0 fully saturated rings. The summed E-state index contributed by atoms with van der Waals surface area (Å²) in [7, 11) is 0. The molecule has 0 radical (unpaired) electrons. The normalized spacial score (nSPS) is 11.1. The number of nitrogens with one attached hydrogen (secondary N) is 1. The van der Waals surface area contributed by atoms with Gasteiger partial charge in [-0.25, -0.2) is 4.98 Å². The molecule has 26 heavy (non-hydrogen) atoms. The van der Waals surface area contributed by atoms with E-state index in [4.69, 9.17) is 17.3 Å². The topological polar surface area (TPSA) is 68.8 Å². The molecule has 0 saturated carbocycles. The molecule has 2 heterocycles. The van der Waals surface area contributed by atoms with Gasteiger partial charge in [0, 0.05) is 35.9 Å². The lowest BCUT2D eigenvalue weighted by atomic mass is 10.1. The van der Waals surface area contributed by atoms with Crippen molar-refractivity contribution in [3.8, 4) is 5.82 Å². The zero-order chi connectivity index (χ0) is 17.9. The quantitative estimate of drug-likeness (QED) is 0.563. The molecule has 130 valence electrons. The molecule has 2 aromatic carbocycles. The number of halogens is 1. The second kappa shape index (κ2) is 7.15. The maximum absolute atomic E-state index is 6.04. The monoisotopic (exact) mass is 363 g/mol. The van der Waals surface area contributed by atoms with Crippen LogP contribution in [0.1, 0.15) is 11.1 Å². The molecule has 4 aromatic rings. The van der Waals surface area contributed by atoms with E-state index >= 15 is 0 Å². The fourth-order valence-electron chi connectivity index (χ4n) is 3.07. The van der Waals surface area contributed by atoms with Gasteiger partial charge in [-0.05, 0) is 41.5 Å². The third kappa shape index (κ3) is 3.40. The number of fused-ring (bicyclic) bond motifs is 1. The first-order valence-corrected chi connectivity index (χ1v) is 8.71. The molecule has 0 saturated heterocycles. The molecule has 2 aromatic heterocycles. The van der Waals surface area contributed by atoms with E-state index < -0.39 is 0 Å². The van der Waals surface area contributed by atoms with Gasteiger partial charge in [0.2, 0.25) is 5.95 Å². The van der Waals surface area contributed by atoms with Gasteiger partial charge in [-0.3, -0.25) is 0 Å². The van der Waals surface area contributed by atoms with Gasteiger partial charge in [0.1, 0.15) is 5.82 Å². The smallest absolute Gasteiger partial charge is 0.221 e. The van der Waals surface area contributed by atoms with Crippen molar-refractivity contribution in [3.63, 3.8) is 0 Å². The van der Waals surface area contributed by atoms with Crippen LogP contribution in [-0.4, -0.2) is 14.5 Å². The zero-order valence-corrected chi connectivity index (χ0v) is 14.8. The highest BCUT2D eigenvalue weighted by molar-refractivity contribution is 6.30. The van der Waals surface area contributed by atoms with Crippen molar-refractivity contribution in [1.82, 2.24) is 19.9 Å². The maximum Gasteiger partial charge on any atom is 0.221 e. The minimum absolute atomic E-state index is 0.267. The summed E-state index contributed by atoms with van der Waals surface area (Å²) in [4.78, 5) is 8.26. The molecule has 6 heteroatoms. The molecule has 0 spiro atoms. The third-order valence-electron chi connectivity index (χ3n) is 4.26. The number of hydrogen-bond acceptors (Lipinski definition) is 4. The Bertz CT molecular complexity index is 1060. The SMILES string of the molecule is Nc1nccc(-n2ccc3c(CNCc4cccc(Cl)c4)cccc32)n1. The van der Waals surface area contributed by atoms with E-state index in [2.05, 4.69) is 45.6 Å². The summed E-state index contributed by atoms with van der Waals surface area (Å²) < 4.78 is 2.02. The summed E-state index contributed by atoms with van der Waals surface area (Å²) in [5.74, 6) is 1.03. The Labute approximate surface area is 156 Å². The van der Waals surface area contributed by atoms with Crippen molar-refractivity contribution in [2.24, 2.45) is 0 Å². The number of nitrogen functional groups attached to an aromatic ring is 1. The number of rotatable bonds is 5. The first kappa shape index (κ1) is 16.6. The minimum Gasteiger partial charge on any atom is -0.368 e. The summed E-state index contributed by atoms with van der Waals surface area (Å²) in [6.07, 6.45) is 3.67. The van der Waals surface area contributed by atoms with E-state index in [1.54, 1.807) is 6.20 Å². The zero-order valence-electron chi connectivity index (χ0n) is 14.1. The number of hydrogen-bond donors (Lipinski definition) is 2. The molecule has 5 nitrogen and oxygen atoms in total. The standard InChI is InChI=1S/C20H18ClN5/c21-16-5-1-3-14(11-16)12-23-13-15-4-2-6-18-17(15)8-10-26(18)19-7-9-24-20(22)25-19/h1-11,23H,12-13H2,(H2,22,24,25). The van der Waals surface area contributed by atoms with Gasteiger partial charge in [-0.2, -0.15) is 4.98 Å². The number of nitrogens with two attached hydrogens (primary N) is 1. The van der Waals surface area contributed by atoms with Crippen LogP contribution in [0, 0.1) is 0 Å². The van der Waals surface area contributed by atoms with Crippen LogP contribution in [-0.2, 0) is 13.1 Å². The summed E-state index contributed by atoms with van der Waals surface area (Å²) in [5.41, 5.74) is 9.20. The lowest BCUT2D eigenvalue weighted by Crippen LogP contribution is -2.12. The lowest BCUT2D eigenvalue weighted by Gasteiger charge is -2.09. The number of anilines is 1. The van der Waals surface area contributed by atoms with E-state index in [0.29, 0.717) is 0 Å². The molecule has 0 aliphatic heterocycles. The van der Waals surface area contributed by atoms with Crippen molar-refractivity contribution in [1.29, 1.82) is 0 Å². The Morgan fingerprint density at radius 2 is 1.92 bits per heavy atom. The van der Waals surface area contributed by atoms with Gasteiger partial charge in [-0.15, -0.1) is 0 Å². The van der Waals surface area contributed by atoms with E-state index in [9.17, 15) is 0 Å². The Hall–Kier alpha value is -2.89. The Kier molecular flexibility index (Phi) is 4.56. The molecular weight excluding hydrogens is 346 g/mol. The van der Waals surface area contributed by atoms with Gasteiger partial charge in [0.15, 0.2) is 0 Å². The van der Waals surface area contributed by atoms with Gasteiger partial charge < -0.3 is 15.6 Å². The molecule has 0 bridgehead atoms. The highest BCUT2D eigenvalue weighted by atomic mass is 35.5. The Morgan fingerprint density at radius 3 is 2.77 bits per heavy atom. The van der Waals surface area contributed by atoms with Gasteiger partial charge in [0.05, 0.1) is 5.52 Å². The van der Waals surface area contributed by atoms with Crippen molar-refractivity contribution in [3.05, 3.63) is 83.1 Å². The maximum atomic E-state index is 6.04. The fourth-order valence-corrected chi connectivity index (χ4v) is 3.28. The number of aromatic nitrogens is 3. The Morgan fingerprint density at radius 1 is 1.04 bits per heavy atom. The van der Waals surface area contributed by atoms with Crippen LogP contribution >= 0.6 is 11.6 Å². The van der Waals surface area contributed by atoms with Crippen LogP contribution in [0.5, 0.6) is 0 Å². The van der Waals surface area contributed by atoms with Gasteiger partial charge in [-0.1, -0.05) is 35.9 Å². The molecule has 0 amide bonds. The fraction of sp³-hybridized carbons (Fsp3) is 0.100. The summed E-state index contributed by atoms with van der Waals surface area (Å²) in [6.45, 7) is 1.53. The molecule has 3 N–H and O–H groups in total. The Balaban J connectivity index is 1.57. The van der Waals surface area contributed by atoms with Crippen LogP contribution in [0.25, 0.3) is 16.7 Å². The highest BCUT2D eigenvalue weighted by Crippen LogP contribution is 2.23. The molecule has 4 rings (SSSR count). The number of nitrogens with zero attached hydrogens (tertiary/aromatic N) is 3. The van der Waals surface area contributed by atoms with Crippen molar-refractivity contribution in [2.75, 3.05) is 5.73 Å². The molecule has 0 aliphatic rings. The summed E-state index contributed by atoms with van der Waals surface area (Å²) in [5, 5.41) is 5.42. The molecular formula is C20H18ClN5. The predicted molar refractivity (Wildman–Crippen MR) is 105 cm³/mol. The predicted octanol–water partition coefficient (Wildman–Crippen LogP) is 3.95. The van der Waals surface area contributed by atoms with Crippen LogP contribution < -0.4 is 11.1 Å². The first-order chi connectivity index (χ1) is 12.7. The second-order valence-corrected chi connectivity index (χ2v) is 6.48. The average molecular weight is 364 g/mol. The lowest BCUT2D eigenvalue weighted by molar-refractivity contribution is 0.696. The third-order valence-corrected chi connectivity index (χ3v) is 4.50. The largest absolute Gasteiger partial charge is 0.368 e. The van der Waals surface area contributed by atoms with Gasteiger partial charge >= 0.3 is 0 Å². The van der Waals surface area contributed by atoms with Crippen LogP contribution in [0.2, 0.25) is 5.02 Å². The van der Waals surface area contributed by atoms with E-state index in [1.807, 2.05) is 35.0 Å². The molecule has 0 unspecified atom stereocenters. The first-order valence-electron chi connectivity index (χ1n) is 8.34. The highest BCUT2D eigenvalue weighted by Gasteiger charge is 2.08.